The summed E-state index contributed by atoms with van der Waals surface area (Å²) in [5, 5.41) is -2.93. The predicted molar refractivity (Wildman–Crippen MR) is 546 cm³/mol. The molecule has 0 saturated heterocycles. The van der Waals surface area contributed by atoms with Crippen LogP contribution < -0.4 is 79.1 Å². The van der Waals surface area contributed by atoms with E-state index in [1.54, 1.807) is 0 Å². The van der Waals surface area contributed by atoms with Crippen LogP contribution in [0.15, 0.2) is 160 Å². The lowest BCUT2D eigenvalue weighted by molar-refractivity contribution is -0.133. The number of benzene rings is 7. The highest BCUT2D eigenvalue weighted by Crippen LogP contribution is 2.35. The highest BCUT2D eigenvalue weighted by atomic mass is 16.2. The maximum atomic E-state index is 13.2. The van der Waals surface area contributed by atoms with Gasteiger partial charge >= 0.3 is 0 Å². The molecule has 14 aromatic rings. The van der Waals surface area contributed by atoms with Crippen molar-refractivity contribution in [3.63, 3.8) is 0 Å². The first-order chi connectivity index (χ1) is 88.4. The minimum atomic E-state index is -3.05. The number of fused-ring (bicyclic) bond motifs is 7. The zero-order valence-corrected chi connectivity index (χ0v) is 76.4. The Morgan fingerprint density at radius 2 is 0.422 bits per heavy atom. The number of carbonyl (C=O) groups excluding carboxylic acids is 14. The van der Waals surface area contributed by atoms with E-state index in [9.17, 15) is 101 Å². The lowest BCUT2D eigenvalue weighted by Gasteiger charge is -2.24. The number of anilines is 7. The smallest absolute Gasteiger partial charge is 0.264 e. The van der Waals surface area contributed by atoms with E-state index in [0.717, 1.165) is 0 Å². The fourth-order valence-corrected chi connectivity index (χ4v) is 16.6. The number of nitrogens with zero attached hydrogens (tertiary/aromatic N) is 14. The van der Waals surface area contributed by atoms with Gasteiger partial charge in [0.1, 0.15) is 81.3 Å². The lowest BCUT2D eigenvalue weighted by Crippen LogP contribution is -2.36. The molecule has 0 spiro atoms. The van der Waals surface area contributed by atoms with Crippen molar-refractivity contribution in [2.45, 2.75) is 225 Å². The molecular weight excluding hydrogens is 1890 g/mol. The summed E-state index contributed by atoms with van der Waals surface area (Å²) in [6, 6.07) is -24.0. The van der Waals surface area contributed by atoms with E-state index in [4.69, 9.17) is 103 Å². The first kappa shape index (κ1) is 59.5. The summed E-state index contributed by atoms with van der Waals surface area (Å²) >= 11 is 0. The van der Waals surface area contributed by atoms with E-state index in [1.165, 1.54) is 20.8 Å². The maximum absolute atomic E-state index is 13.2. The Morgan fingerprint density at radius 1 is 0.245 bits per heavy atom. The summed E-state index contributed by atoms with van der Waals surface area (Å²) in [5.41, 5.74) is 27.5. The number of Topliss-reactive ketones (excluding diaryl/α,β-unsaturated/α-hetero) is 14. The van der Waals surface area contributed by atoms with Gasteiger partial charge in [0.2, 0.25) is 0 Å². The summed E-state index contributed by atoms with van der Waals surface area (Å²) in [5.74, 6) is -14.4. The number of aryl methyl sites for hydroxylation is 7. The SMILES string of the molecule is [2H]c1c([2H])c(N)c2c(=O)n(C3([2H])CCC(=O)CC3=O)c(C([2H])([2H])[2H])nc2c1[2H].[2H]c1c([2H])c(N)c2c(=O)n(C3C(=O)CC(=O)C([2H])([2H])C3([2H])[2H])c(C)nc2c1[2H].[2H]c1c([2H])c(N)c2c(=O)n(C3CCC(=O)CC3=O)c(C([2H])([2H])[2H])nc2c1[2H].[2H]c1c([2H])c(N)c2c(=O)n([C@@H]3C(=O)CC(=O)C([2H])([2H])C3([2H])[2H])c(C)nc2c1[2H].[2H]c1c([2H])c(N)c2c(=O)n([C@@H]3CCC(=O)CC3=O)c(C([2H])([2H])[2H])nc2c1[2H].[2H]c1c([2H])c(N)c2c(=O)n([C@H]3C(=O)CC(=O)C([2H])([2H])C3([2H])[2H])c(C)nc2c1[2H].[2H]c1c([2H])c(N)c2c(=O)n([C@H]3CCC(=O)CC3=O)c(C([2H])([2H])[2H])nc2c1[2H]. The normalized spacial score (nSPS) is 26.6. The van der Waals surface area contributed by atoms with Crippen molar-refractivity contribution in [1.29, 1.82) is 0 Å². The highest BCUT2D eigenvalue weighted by Gasteiger charge is 2.39. The van der Waals surface area contributed by atoms with Gasteiger partial charge in [0.05, 0.1) is 194 Å². The molecular formula is C105H105N21O21. The number of hydrogen-bond acceptors (Lipinski definition) is 35. The van der Waals surface area contributed by atoms with Crippen LogP contribution in [-0.4, -0.2) is 148 Å². The molecule has 756 valence electrons. The third kappa shape index (κ3) is 21.2. The molecule has 0 bridgehead atoms. The van der Waals surface area contributed by atoms with Crippen LogP contribution in [0.5, 0.6) is 0 Å². The number of ketones is 14. The van der Waals surface area contributed by atoms with Gasteiger partial charge in [0.25, 0.3) is 38.9 Å². The Hall–Kier alpha value is -17.5. The molecule has 0 radical (unpaired) electrons. The maximum Gasteiger partial charge on any atom is 0.264 e. The number of aromatic nitrogens is 14. The Balaban J connectivity index is 0.000000162. The molecule has 14 N–H and O–H groups in total. The van der Waals surface area contributed by atoms with Crippen molar-refractivity contribution in [2.24, 2.45) is 0 Å². The van der Waals surface area contributed by atoms with Gasteiger partial charge in [-0.2, -0.15) is 0 Å². The third-order valence-electron chi connectivity index (χ3n) is 23.4. The van der Waals surface area contributed by atoms with Gasteiger partial charge in [0, 0.05) is 118 Å². The van der Waals surface area contributed by atoms with Gasteiger partial charge in [-0.1, -0.05) is 42.3 Å². The standard InChI is InChI=1S/7C15H15N3O3/c7*1-8-17-11-4-2-3-10(16)14(11)15(21)18(8)12-6-5-9(19)7-13(12)20/h7*2-4,12H,5-7,16H2,1H3/t4*12-;;;/m1100.../s1/i2D,3D,4D,5D2,6D2;1D3,2D,3D,4D;2D,3D,4D,5D2,6D2;1D3,2D,3D,4D;2D,3D,4D,5D2,6D2;1D3,2D,3D,4D,12D;1D3,2D,3D,4D. The molecule has 21 rings (SSSR count). The van der Waals surface area contributed by atoms with Gasteiger partial charge in [0.15, 0.2) is 40.5 Å². The summed E-state index contributed by atoms with van der Waals surface area (Å²) in [4.78, 5) is 288. The molecule has 0 aliphatic heterocycles. The summed E-state index contributed by atoms with van der Waals surface area (Å²) in [6.07, 6.45) is -23.5. The first-order valence-corrected chi connectivity index (χ1v) is 43.4. The van der Waals surface area contributed by atoms with E-state index in [-0.39, 0.29) is 112 Å². The van der Waals surface area contributed by atoms with Crippen LogP contribution in [0.2, 0.25) is 0 Å². The molecule has 42 heteroatoms. The van der Waals surface area contributed by atoms with Crippen LogP contribution >= 0.6 is 0 Å². The van der Waals surface area contributed by atoms with E-state index < -0.39 is 495 Å². The molecule has 0 amide bonds. The van der Waals surface area contributed by atoms with Crippen LogP contribution in [0.25, 0.3) is 76.3 Å². The second-order valence-corrected chi connectivity index (χ2v) is 33.0. The summed E-state index contributed by atoms with van der Waals surface area (Å²) in [7, 11) is 0. The molecule has 42 nitrogen and oxygen atoms in total. The van der Waals surface area contributed by atoms with Crippen molar-refractivity contribution in [1.82, 2.24) is 66.9 Å². The second kappa shape index (κ2) is 43.0. The molecule has 3 unspecified atom stereocenters. The Bertz CT molecular complexity index is 10300. The topological polar surface area (TPSA) is 665 Å². The lowest BCUT2D eigenvalue weighted by atomic mass is 9.92. The number of nitrogens with two attached hydrogens (primary N) is 7. The van der Waals surface area contributed by atoms with Gasteiger partial charge in [-0.05, 0) is 178 Å². The number of nitrogen functional groups attached to an aromatic ring is 7. The van der Waals surface area contributed by atoms with Crippen LogP contribution in [-0.2, 0) is 67.1 Å². The van der Waals surface area contributed by atoms with Crippen molar-refractivity contribution in [2.75, 3.05) is 40.1 Å². The predicted octanol–water partition coefficient (Wildman–Crippen LogP) is 8.05. The van der Waals surface area contributed by atoms with Crippen LogP contribution in [0.4, 0.5) is 39.8 Å². The largest absolute Gasteiger partial charge is 0.398 e. The second-order valence-electron chi connectivity index (χ2n) is 33.0. The van der Waals surface area contributed by atoms with Crippen LogP contribution in [0, 0.1) is 48.2 Å². The van der Waals surface area contributed by atoms with E-state index in [0.29, 0.717) is 32.0 Å². The zero-order valence-electron chi connectivity index (χ0n) is 122. The zero-order chi connectivity index (χ0) is 146. The van der Waals surface area contributed by atoms with Gasteiger partial charge in [-0.3, -0.25) is 133 Å². The van der Waals surface area contributed by atoms with Gasteiger partial charge < -0.3 is 40.1 Å². The molecule has 7 aromatic heterocycles. The van der Waals surface area contributed by atoms with Crippen LogP contribution in [0.3, 0.4) is 0 Å². The average Bonchev–Trinajstić information content (AvgIpc) is 0.713. The van der Waals surface area contributed by atoms with Crippen molar-refractivity contribution in [3.05, 3.63) is 240 Å². The molecule has 7 fully saturated rings. The van der Waals surface area contributed by atoms with Crippen LogP contribution in [0.1, 0.15) is 281 Å². The Kier molecular flexibility index (Phi) is 17.4. The number of hydrogen-bond donors (Lipinski definition) is 7. The fraction of sp³-hybridized carbons (Fsp3) is 0.333. The summed E-state index contributed by atoms with van der Waals surface area (Å²) < 4.78 is 365. The fourth-order valence-electron chi connectivity index (χ4n) is 16.6. The Labute approximate surface area is 897 Å². The van der Waals surface area contributed by atoms with Gasteiger partial charge in [-0.15, -0.1) is 0 Å². The molecule has 7 aliphatic carbocycles. The minimum absolute atomic E-state index is 0.00977. The number of carbonyl (C=O) groups is 14. The Morgan fingerprint density at radius 3 is 0.633 bits per heavy atom. The van der Waals surface area contributed by atoms with Crippen molar-refractivity contribution >= 4 is 197 Å². The molecule has 147 heavy (non-hydrogen) atoms. The van der Waals surface area contributed by atoms with E-state index in [2.05, 4.69) is 34.9 Å². The first-order valence-electron chi connectivity index (χ1n) is 66.4. The quantitative estimate of drug-likeness (QED) is 0.0585. The molecule has 7 atom stereocenters. The molecule has 7 saturated carbocycles. The highest BCUT2D eigenvalue weighted by molar-refractivity contribution is 6.09. The summed E-state index contributed by atoms with van der Waals surface area (Å²) in [6.45, 7) is -7.95. The number of rotatable bonds is 7. The monoisotopic (exact) mass is 2040 g/mol. The van der Waals surface area contributed by atoms with E-state index in [1.807, 2.05) is 0 Å². The molecule has 7 aromatic carbocycles. The van der Waals surface area contributed by atoms with Crippen molar-refractivity contribution < 1.29 is 130 Å². The van der Waals surface area contributed by atoms with Crippen molar-refractivity contribution in [3.8, 4) is 0 Å². The van der Waals surface area contributed by atoms with Gasteiger partial charge in [-0.25, -0.2) is 34.9 Å². The van der Waals surface area contributed by atoms with E-state index >= 15 is 0 Å². The molecule has 7 aliphatic rings. The molecule has 7 heterocycles. The third-order valence-corrected chi connectivity index (χ3v) is 23.4. The minimum Gasteiger partial charge on any atom is -0.398 e. The average molecular weight is 2040 g/mol.